The molecule has 1 amide bonds. The van der Waals surface area contributed by atoms with Gasteiger partial charge in [-0.3, -0.25) is 9.59 Å². The summed E-state index contributed by atoms with van der Waals surface area (Å²) in [5, 5.41) is 2.53. The SMILES string of the molecule is COC(=O)C1(C(=O)NCc2ccc(F)c(F)c2)CC1. The highest BCUT2D eigenvalue weighted by Gasteiger charge is 2.57. The van der Waals surface area contributed by atoms with Crippen molar-refractivity contribution in [2.24, 2.45) is 5.41 Å². The monoisotopic (exact) mass is 269 g/mol. The minimum Gasteiger partial charge on any atom is -0.468 e. The summed E-state index contributed by atoms with van der Waals surface area (Å²) in [7, 11) is 1.23. The van der Waals surface area contributed by atoms with Gasteiger partial charge >= 0.3 is 5.97 Å². The molecule has 1 aliphatic rings. The van der Waals surface area contributed by atoms with Crippen molar-refractivity contribution in [3.05, 3.63) is 35.4 Å². The molecule has 0 aromatic heterocycles. The molecule has 0 spiro atoms. The summed E-state index contributed by atoms with van der Waals surface area (Å²) in [4.78, 5) is 23.3. The van der Waals surface area contributed by atoms with Crippen LogP contribution in [0.4, 0.5) is 8.78 Å². The second kappa shape index (κ2) is 4.95. The summed E-state index contributed by atoms with van der Waals surface area (Å²) in [6.45, 7) is 0.0365. The maximum Gasteiger partial charge on any atom is 0.321 e. The van der Waals surface area contributed by atoms with Crippen molar-refractivity contribution in [2.45, 2.75) is 19.4 Å². The Morgan fingerprint density at radius 1 is 1.32 bits per heavy atom. The largest absolute Gasteiger partial charge is 0.468 e. The number of rotatable bonds is 4. The first-order valence-corrected chi connectivity index (χ1v) is 5.80. The van der Waals surface area contributed by atoms with Gasteiger partial charge in [0.1, 0.15) is 5.41 Å². The van der Waals surface area contributed by atoms with Crippen molar-refractivity contribution in [2.75, 3.05) is 7.11 Å². The fourth-order valence-electron chi connectivity index (χ4n) is 1.85. The van der Waals surface area contributed by atoms with Crippen LogP contribution in [0.15, 0.2) is 18.2 Å². The number of hydrogen-bond acceptors (Lipinski definition) is 3. The van der Waals surface area contributed by atoms with Crippen LogP contribution in [0, 0.1) is 17.0 Å². The van der Waals surface area contributed by atoms with Gasteiger partial charge in [0.25, 0.3) is 0 Å². The zero-order valence-electron chi connectivity index (χ0n) is 10.3. The van der Waals surface area contributed by atoms with Gasteiger partial charge < -0.3 is 10.1 Å². The Bertz CT molecular complexity index is 527. The highest BCUT2D eigenvalue weighted by Crippen LogP contribution is 2.46. The molecule has 0 unspecified atom stereocenters. The summed E-state index contributed by atoms with van der Waals surface area (Å²) >= 11 is 0. The Morgan fingerprint density at radius 3 is 2.53 bits per heavy atom. The van der Waals surface area contributed by atoms with E-state index < -0.39 is 28.9 Å². The third-order valence-electron chi connectivity index (χ3n) is 3.20. The molecule has 1 fully saturated rings. The number of benzene rings is 1. The van der Waals surface area contributed by atoms with Gasteiger partial charge in [0.15, 0.2) is 11.6 Å². The summed E-state index contributed by atoms with van der Waals surface area (Å²) in [5.74, 6) is -2.91. The lowest BCUT2D eigenvalue weighted by molar-refractivity contribution is -0.152. The van der Waals surface area contributed by atoms with E-state index >= 15 is 0 Å². The van der Waals surface area contributed by atoms with Crippen LogP contribution < -0.4 is 5.32 Å². The van der Waals surface area contributed by atoms with Crippen LogP contribution in [0.25, 0.3) is 0 Å². The van der Waals surface area contributed by atoms with Crippen LogP contribution in [0.1, 0.15) is 18.4 Å². The van der Waals surface area contributed by atoms with E-state index in [1.165, 1.54) is 13.2 Å². The van der Waals surface area contributed by atoms with Crippen LogP contribution in [-0.4, -0.2) is 19.0 Å². The molecule has 1 saturated carbocycles. The number of halogens is 2. The van der Waals surface area contributed by atoms with Crippen molar-refractivity contribution in [1.29, 1.82) is 0 Å². The quantitative estimate of drug-likeness (QED) is 0.666. The molecule has 0 atom stereocenters. The minimum atomic E-state index is -1.09. The third kappa shape index (κ3) is 2.57. The average Bonchev–Trinajstić information content (AvgIpc) is 3.20. The van der Waals surface area contributed by atoms with Crippen molar-refractivity contribution in [1.82, 2.24) is 5.32 Å². The first kappa shape index (κ1) is 13.5. The van der Waals surface area contributed by atoms with Gasteiger partial charge in [-0.05, 0) is 30.5 Å². The Morgan fingerprint density at radius 2 is 2.00 bits per heavy atom. The molecule has 1 N–H and O–H groups in total. The second-order valence-electron chi connectivity index (χ2n) is 4.50. The molecule has 0 saturated heterocycles. The van der Waals surface area contributed by atoms with E-state index in [1.54, 1.807) is 0 Å². The highest BCUT2D eigenvalue weighted by atomic mass is 19.2. The van der Waals surface area contributed by atoms with Gasteiger partial charge in [-0.2, -0.15) is 0 Å². The van der Waals surface area contributed by atoms with E-state index in [1.807, 2.05) is 0 Å². The lowest BCUT2D eigenvalue weighted by atomic mass is 10.1. The number of ether oxygens (including phenoxy) is 1. The lowest BCUT2D eigenvalue weighted by Crippen LogP contribution is -2.37. The number of carbonyl (C=O) groups excluding carboxylic acids is 2. The molecule has 0 bridgehead atoms. The average molecular weight is 269 g/mol. The normalized spacial score (nSPS) is 15.7. The molecular weight excluding hydrogens is 256 g/mol. The molecule has 1 aromatic carbocycles. The molecule has 0 heterocycles. The number of carbonyl (C=O) groups is 2. The Balaban J connectivity index is 1.97. The summed E-state index contributed by atoms with van der Waals surface area (Å²) in [5.41, 5.74) is -0.666. The first-order chi connectivity index (χ1) is 8.99. The van der Waals surface area contributed by atoms with Gasteiger partial charge in [-0.25, -0.2) is 8.78 Å². The Hall–Kier alpha value is -1.98. The second-order valence-corrected chi connectivity index (χ2v) is 4.50. The predicted octanol–water partition coefficient (Wildman–Crippen LogP) is 1.53. The van der Waals surface area contributed by atoms with Crippen molar-refractivity contribution in [3.63, 3.8) is 0 Å². The fourth-order valence-corrected chi connectivity index (χ4v) is 1.85. The standard InChI is InChI=1S/C13H13F2NO3/c1-19-12(18)13(4-5-13)11(17)16-7-8-2-3-9(14)10(15)6-8/h2-3,6H,4-5,7H2,1H3,(H,16,17). The molecule has 0 radical (unpaired) electrons. The van der Waals surface area contributed by atoms with E-state index in [0.29, 0.717) is 18.4 Å². The summed E-state index contributed by atoms with van der Waals surface area (Å²) in [6, 6.07) is 3.37. The zero-order valence-corrected chi connectivity index (χ0v) is 10.3. The minimum absolute atomic E-state index is 0.0365. The van der Waals surface area contributed by atoms with Crippen LogP contribution >= 0.6 is 0 Å². The number of esters is 1. The highest BCUT2D eigenvalue weighted by molar-refractivity contribution is 6.05. The topological polar surface area (TPSA) is 55.4 Å². The third-order valence-corrected chi connectivity index (χ3v) is 3.20. The molecule has 19 heavy (non-hydrogen) atoms. The van der Waals surface area contributed by atoms with Gasteiger partial charge in [-0.15, -0.1) is 0 Å². The van der Waals surface area contributed by atoms with Crippen LogP contribution in [-0.2, 0) is 20.9 Å². The van der Waals surface area contributed by atoms with E-state index in [2.05, 4.69) is 10.1 Å². The predicted molar refractivity (Wildman–Crippen MR) is 61.9 cm³/mol. The van der Waals surface area contributed by atoms with E-state index in [0.717, 1.165) is 12.1 Å². The summed E-state index contributed by atoms with van der Waals surface area (Å²) < 4.78 is 30.3. The summed E-state index contributed by atoms with van der Waals surface area (Å²) in [6.07, 6.45) is 0.895. The molecule has 0 aliphatic heterocycles. The number of methoxy groups -OCH3 is 1. The number of hydrogen-bond donors (Lipinski definition) is 1. The molecule has 1 aliphatic carbocycles. The maximum absolute atomic E-state index is 13.0. The van der Waals surface area contributed by atoms with Crippen LogP contribution in [0.2, 0.25) is 0 Å². The van der Waals surface area contributed by atoms with Gasteiger partial charge in [-0.1, -0.05) is 6.07 Å². The Kier molecular flexibility index (Phi) is 3.50. The molecular formula is C13H13F2NO3. The van der Waals surface area contributed by atoms with Gasteiger partial charge in [0.2, 0.25) is 5.91 Å². The maximum atomic E-state index is 13.0. The fraction of sp³-hybridized carbons (Fsp3) is 0.385. The van der Waals surface area contributed by atoms with Crippen molar-refractivity contribution >= 4 is 11.9 Å². The van der Waals surface area contributed by atoms with Crippen molar-refractivity contribution in [3.8, 4) is 0 Å². The molecule has 4 nitrogen and oxygen atoms in total. The number of nitrogens with one attached hydrogen (secondary N) is 1. The molecule has 1 aromatic rings. The molecule has 2 rings (SSSR count). The van der Waals surface area contributed by atoms with Crippen LogP contribution in [0.3, 0.4) is 0 Å². The molecule has 102 valence electrons. The van der Waals surface area contributed by atoms with Gasteiger partial charge in [0.05, 0.1) is 7.11 Å². The lowest BCUT2D eigenvalue weighted by Gasteiger charge is -2.13. The van der Waals surface area contributed by atoms with E-state index in [9.17, 15) is 18.4 Å². The van der Waals surface area contributed by atoms with Crippen LogP contribution in [0.5, 0.6) is 0 Å². The van der Waals surface area contributed by atoms with E-state index in [-0.39, 0.29) is 6.54 Å². The van der Waals surface area contributed by atoms with E-state index in [4.69, 9.17) is 0 Å². The first-order valence-electron chi connectivity index (χ1n) is 5.80. The Labute approximate surface area is 108 Å². The molecule has 6 heteroatoms. The van der Waals surface area contributed by atoms with Gasteiger partial charge in [0, 0.05) is 6.54 Å². The zero-order chi connectivity index (χ0) is 14.0. The number of amides is 1. The van der Waals surface area contributed by atoms with Crippen molar-refractivity contribution < 1.29 is 23.1 Å². The smallest absolute Gasteiger partial charge is 0.321 e.